The molecule has 0 fully saturated rings. The zero-order chi connectivity index (χ0) is 12.6. The lowest BCUT2D eigenvalue weighted by Gasteiger charge is -2.12. The van der Waals surface area contributed by atoms with Gasteiger partial charge in [0.15, 0.2) is 0 Å². The number of hydrogen-bond acceptors (Lipinski definition) is 4. The second-order valence-electron chi connectivity index (χ2n) is 3.98. The smallest absolute Gasteiger partial charge is 0.214 e. The van der Waals surface area contributed by atoms with Gasteiger partial charge >= 0.3 is 0 Å². The molecular weight excluding hydrogens is 242 g/mol. The highest BCUT2D eigenvalue weighted by Gasteiger charge is 2.26. The van der Waals surface area contributed by atoms with Crippen molar-refractivity contribution in [1.82, 2.24) is 0 Å². The maximum absolute atomic E-state index is 12.1. The van der Waals surface area contributed by atoms with E-state index in [0.717, 1.165) is 5.56 Å². The first-order valence-electron chi connectivity index (χ1n) is 5.24. The van der Waals surface area contributed by atoms with Gasteiger partial charge in [-0.15, -0.1) is 0 Å². The van der Waals surface area contributed by atoms with Gasteiger partial charge in [-0.25, -0.2) is 0 Å². The molecule has 1 aliphatic heterocycles. The molecule has 1 N–H and O–H groups in total. The van der Waals surface area contributed by atoms with Gasteiger partial charge in [0.05, 0.1) is 12.2 Å². The van der Waals surface area contributed by atoms with E-state index in [4.69, 9.17) is 21.5 Å². The number of ketones is 1. The van der Waals surface area contributed by atoms with Crippen molar-refractivity contribution < 1.29 is 14.7 Å². The van der Waals surface area contributed by atoms with Crippen molar-refractivity contribution in [1.29, 1.82) is 0 Å². The lowest BCUT2D eigenvalue weighted by molar-refractivity contribution is 0.106. The average Bonchev–Trinajstić information content (AvgIpc) is 2.45. The Morgan fingerprint density at radius 1 is 1.47 bits per heavy atom. The number of ether oxygens (including phenoxy) is 1. The SMILES string of the molecule is Cc1cc2c(c(C)c1Cl)C(=O)/C(=N\O)CCO2. The van der Waals surface area contributed by atoms with Crippen molar-refractivity contribution in [2.24, 2.45) is 5.16 Å². The average molecular weight is 254 g/mol. The van der Waals surface area contributed by atoms with Crippen LogP contribution in [0.3, 0.4) is 0 Å². The van der Waals surface area contributed by atoms with Gasteiger partial charge in [-0.05, 0) is 31.0 Å². The van der Waals surface area contributed by atoms with E-state index in [2.05, 4.69) is 5.16 Å². The molecule has 1 aliphatic rings. The molecule has 0 radical (unpaired) electrons. The minimum atomic E-state index is -0.320. The van der Waals surface area contributed by atoms with Gasteiger partial charge in [0.1, 0.15) is 11.5 Å². The number of fused-ring (bicyclic) bond motifs is 1. The van der Waals surface area contributed by atoms with E-state index < -0.39 is 0 Å². The first-order chi connectivity index (χ1) is 8.06. The summed E-state index contributed by atoms with van der Waals surface area (Å²) in [5.74, 6) is 0.187. The third-order valence-electron chi connectivity index (χ3n) is 2.85. The van der Waals surface area contributed by atoms with Crippen molar-refractivity contribution in [3.8, 4) is 5.75 Å². The van der Waals surface area contributed by atoms with Gasteiger partial charge in [0.25, 0.3) is 0 Å². The van der Waals surface area contributed by atoms with Crippen molar-refractivity contribution in [2.45, 2.75) is 20.3 Å². The normalized spacial score (nSPS) is 17.6. The van der Waals surface area contributed by atoms with Crippen LogP contribution in [0.4, 0.5) is 0 Å². The van der Waals surface area contributed by atoms with Crippen LogP contribution in [0, 0.1) is 13.8 Å². The summed E-state index contributed by atoms with van der Waals surface area (Å²) in [5, 5.41) is 12.4. The van der Waals surface area contributed by atoms with E-state index in [-0.39, 0.29) is 11.5 Å². The first-order valence-corrected chi connectivity index (χ1v) is 5.62. The zero-order valence-corrected chi connectivity index (χ0v) is 10.3. The number of carbonyl (C=O) groups is 1. The summed E-state index contributed by atoms with van der Waals surface area (Å²) in [6.45, 7) is 3.93. The maximum atomic E-state index is 12.1. The van der Waals surface area contributed by atoms with Crippen LogP contribution < -0.4 is 4.74 Å². The zero-order valence-electron chi connectivity index (χ0n) is 9.58. The lowest BCUT2D eigenvalue weighted by atomic mass is 9.98. The van der Waals surface area contributed by atoms with Gasteiger partial charge < -0.3 is 9.94 Å². The lowest BCUT2D eigenvalue weighted by Crippen LogP contribution is -2.15. The Balaban J connectivity index is 2.69. The Hall–Kier alpha value is -1.55. The van der Waals surface area contributed by atoms with Crippen LogP contribution >= 0.6 is 11.6 Å². The van der Waals surface area contributed by atoms with Gasteiger partial charge in [-0.1, -0.05) is 16.8 Å². The molecule has 0 saturated carbocycles. The van der Waals surface area contributed by atoms with Crippen LogP contribution in [0.1, 0.15) is 27.9 Å². The Morgan fingerprint density at radius 3 is 2.82 bits per heavy atom. The van der Waals surface area contributed by atoms with E-state index in [0.29, 0.717) is 34.9 Å². The molecule has 0 saturated heterocycles. The Kier molecular flexibility index (Phi) is 3.07. The van der Waals surface area contributed by atoms with Crippen molar-refractivity contribution in [3.63, 3.8) is 0 Å². The molecular formula is C12H12ClNO3. The molecule has 1 aromatic rings. The fourth-order valence-electron chi connectivity index (χ4n) is 1.93. The Bertz CT molecular complexity index is 523. The molecule has 2 rings (SSSR count). The van der Waals surface area contributed by atoms with Crippen molar-refractivity contribution in [2.75, 3.05) is 6.61 Å². The van der Waals surface area contributed by atoms with Gasteiger partial charge in [0, 0.05) is 11.4 Å². The largest absolute Gasteiger partial charge is 0.492 e. The van der Waals surface area contributed by atoms with Gasteiger partial charge in [0.2, 0.25) is 5.78 Å². The highest BCUT2D eigenvalue weighted by atomic mass is 35.5. The number of oxime groups is 1. The molecule has 0 bridgehead atoms. The van der Waals surface area contributed by atoms with Crippen LogP contribution in [0.2, 0.25) is 5.02 Å². The van der Waals surface area contributed by atoms with Gasteiger partial charge in [-0.2, -0.15) is 0 Å². The fraction of sp³-hybridized carbons (Fsp3) is 0.333. The molecule has 1 aromatic carbocycles. The summed E-state index contributed by atoms with van der Waals surface area (Å²) in [6.07, 6.45) is 0.292. The molecule has 0 atom stereocenters. The predicted molar refractivity (Wildman–Crippen MR) is 64.6 cm³/mol. The summed E-state index contributed by atoms with van der Waals surface area (Å²) in [4.78, 5) is 12.1. The molecule has 0 spiro atoms. The number of aryl methyl sites for hydroxylation is 1. The maximum Gasteiger partial charge on any atom is 0.214 e. The molecule has 0 aromatic heterocycles. The predicted octanol–water partition coefficient (Wildman–Crippen LogP) is 2.75. The second kappa shape index (κ2) is 4.37. The van der Waals surface area contributed by atoms with Crippen LogP contribution in [-0.2, 0) is 0 Å². The number of nitrogens with zero attached hydrogens (tertiary/aromatic N) is 1. The number of carbonyl (C=O) groups excluding carboxylic acids is 1. The monoisotopic (exact) mass is 253 g/mol. The van der Waals surface area contributed by atoms with Crippen molar-refractivity contribution >= 4 is 23.1 Å². The standard InChI is InChI=1S/C12H12ClNO3/c1-6-5-9-10(7(2)11(6)13)12(15)8(14-16)3-4-17-9/h5,16H,3-4H2,1-2H3/b14-8-. The molecule has 0 aliphatic carbocycles. The molecule has 0 unspecified atom stereocenters. The molecule has 90 valence electrons. The second-order valence-corrected chi connectivity index (χ2v) is 4.36. The quantitative estimate of drug-likeness (QED) is 0.571. The highest BCUT2D eigenvalue weighted by molar-refractivity contribution is 6.47. The van der Waals surface area contributed by atoms with Crippen LogP contribution in [0.5, 0.6) is 5.75 Å². The third-order valence-corrected chi connectivity index (χ3v) is 3.43. The summed E-state index contributed by atoms with van der Waals surface area (Å²) in [7, 11) is 0. The number of halogens is 1. The number of Topliss-reactive ketones (excluding diaryl/α,β-unsaturated/α-hetero) is 1. The number of hydrogen-bond donors (Lipinski definition) is 1. The van der Waals surface area contributed by atoms with E-state index in [1.165, 1.54) is 0 Å². The molecule has 0 amide bonds. The van der Waals surface area contributed by atoms with Crippen molar-refractivity contribution in [3.05, 3.63) is 27.8 Å². The Morgan fingerprint density at radius 2 is 2.18 bits per heavy atom. The Labute approximate surface area is 104 Å². The topological polar surface area (TPSA) is 58.9 Å². The molecule has 4 nitrogen and oxygen atoms in total. The van der Waals surface area contributed by atoms with E-state index in [1.54, 1.807) is 13.0 Å². The summed E-state index contributed by atoms with van der Waals surface area (Å²) in [6, 6.07) is 1.74. The van der Waals surface area contributed by atoms with E-state index in [9.17, 15) is 4.79 Å². The molecule has 1 heterocycles. The summed E-state index contributed by atoms with van der Waals surface area (Å²) < 4.78 is 5.50. The minimum absolute atomic E-state index is 0.103. The highest BCUT2D eigenvalue weighted by Crippen LogP contribution is 2.33. The summed E-state index contributed by atoms with van der Waals surface area (Å²) in [5.41, 5.74) is 2.02. The van der Waals surface area contributed by atoms with Crippen LogP contribution in [-0.4, -0.2) is 23.3 Å². The molecule has 5 heteroatoms. The van der Waals surface area contributed by atoms with E-state index >= 15 is 0 Å². The van der Waals surface area contributed by atoms with Crippen LogP contribution in [0.25, 0.3) is 0 Å². The third kappa shape index (κ3) is 1.89. The fourth-order valence-corrected chi connectivity index (χ4v) is 2.08. The number of rotatable bonds is 0. The minimum Gasteiger partial charge on any atom is -0.492 e. The summed E-state index contributed by atoms with van der Waals surface area (Å²) >= 11 is 6.11. The van der Waals surface area contributed by atoms with E-state index in [1.807, 2.05) is 6.92 Å². The number of benzene rings is 1. The first kappa shape index (κ1) is 11.9. The molecule has 17 heavy (non-hydrogen) atoms. The van der Waals surface area contributed by atoms with Gasteiger partial charge in [-0.3, -0.25) is 4.79 Å². The van der Waals surface area contributed by atoms with Crippen LogP contribution in [0.15, 0.2) is 11.2 Å².